The van der Waals surface area contributed by atoms with Crippen LogP contribution in [0.25, 0.3) is 0 Å². The van der Waals surface area contributed by atoms with Crippen molar-refractivity contribution < 1.29 is 13.9 Å². The minimum atomic E-state index is -0.128. The number of ketones is 1. The van der Waals surface area contributed by atoms with Crippen molar-refractivity contribution in [3.05, 3.63) is 36.3 Å². The van der Waals surface area contributed by atoms with E-state index in [1.807, 2.05) is 6.92 Å². The zero-order valence-electron chi connectivity index (χ0n) is 8.29. The van der Waals surface area contributed by atoms with Crippen LogP contribution in [-0.2, 0) is 4.74 Å². The Bertz CT molecular complexity index is 298. The molecule has 0 aliphatic rings. The molecule has 0 amide bonds. The molecule has 0 aliphatic carbocycles. The Morgan fingerprint density at radius 1 is 1.64 bits per heavy atom. The molecule has 0 N–H and O–H groups in total. The van der Waals surface area contributed by atoms with Gasteiger partial charge in [-0.1, -0.05) is 5.57 Å². The Morgan fingerprint density at radius 2 is 2.43 bits per heavy atom. The van der Waals surface area contributed by atoms with E-state index in [9.17, 15) is 4.79 Å². The highest BCUT2D eigenvalue weighted by Crippen LogP contribution is 2.02. The van der Waals surface area contributed by atoms with Gasteiger partial charge in [0.1, 0.15) is 6.61 Å². The van der Waals surface area contributed by atoms with Crippen molar-refractivity contribution in [1.82, 2.24) is 0 Å². The molecular weight excluding hydrogens is 180 g/mol. The van der Waals surface area contributed by atoms with Crippen LogP contribution in [0.5, 0.6) is 0 Å². The minimum Gasteiger partial charge on any atom is -0.461 e. The van der Waals surface area contributed by atoms with Crippen LogP contribution >= 0.6 is 0 Å². The molecule has 14 heavy (non-hydrogen) atoms. The largest absolute Gasteiger partial charge is 0.461 e. The van der Waals surface area contributed by atoms with Crippen LogP contribution < -0.4 is 0 Å². The first-order valence-electron chi connectivity index (χ1n) is 4.49. The van der Waals surface area contributed by atoms with Gasteiger partial charge >= 0.3 is 0 Å². The molecule has 0 atom stereocenters. The molecular formula is C11H14O3. The van der Waals surface area contributed by atoms with Gasteiger partial charge < -0.3 is 9.15 Å². The molecule has 1 heterocycles. The van der Waals surface area contributed by atoms with E-state index >= 15 is 0 Å². The minimum absolute atomic E-state index is 0.0702. The predicted molar refractivity (Wildman–Crippen MR) is 53.3 cm³/mol. The van der Waals surface area contributed by atoms with E-state index in [2.05, 4.69) is 6.58 Å². The average molecular weight is 194 g/mol. The number of rotatable bonds is 6. The molecule has 3 nitrogen and oxygen atoms in total. The summed E-state index contributed by atoms with van der Waals surface area (Å²) in [6.45, 7) is 6.27. The van der Waals surface area contributed by atoms with E-state index in [1.54, 1.807) is 12.1 Å². The first kappa shape index (κ1) is 10.7. The Kier molecular flexibility index (Phi) is 4.13. The Balaban J connectivity index is 2.19. The topological polar surface area (TPSA) is 39.4 Å². The molecule has 76 valence electrons. The highest BCUT2D eigenvalue weighted by Gasteiger charge is 2.07. The van der Waals surface area contributed by atoms with Crippen LogP contribution in [0.3, 0.4) is 0 Å². The fourth-order valence-electron chi connectivity index (χ4n) is 0.920. The van der Waals surface area contributed by atoms with E-state index in [1.165, 1.54) is 6.26 Å². The fraction of sp³-hybridized carbons (Fsp3) is 0.364. The van der Waals surface area contributed by atoms with Crippen LogP contribution in [0.15, 0.2) is 35.0 Å². The van der Waals surface area contributed by atoms with Gasteiger partial charge in [0.25, 0.3) is 0 Å². The summed E-state index contributed by atoms with van der Waals surface area (Å²) in [5.74, 6) is 0.219. The zero-order chi connectivity index (χ0) is 10.4. The van der Waals surface area contributed by atoms with Gasteiger partial charge in [0.2, 0.25) is 5.78 Å². The molecule has 1 aromatic rings. The normalized spacial score (nSPS) is 10.1. The van der Waals surface area contributed by atoms with Crippen molar-refractivity contribution in [3.63, 3.8) is 0 Å². The summed E-state index contributed by atoms with van der Waals surface area (Å²) >= 11 is 0. The highest BCUT2D eigenvalue weighted by atomic mass is 16.5. The van der Waals surface area contributed by atoms with Crippen molar-refractivity contribution in [1.29, 1.82) is 0 Å². The number of Topliss-reactive ketones (excluding diaryl/α,β-unsaturated/α-hetero) is 1. The van der Waals surface area contributed by atoms with Crippen LogP contribution in [0.4, 0.5) is 0 Å². The second kappa shape index (κ2) is 5.40. The quantitative estimate of drug-likeness (QED) is 0.396. The second-order valence-electron chi connectivity index (χ2n) is 3.16. The van der Waals surface area contributed by atoms with E-state index in [0.717, 1.165) is 12.0 Å². The van der Waals surface area contributed by atoms with Crippen LogP contribution in [0, 0.1) is 0 Å². The third-order valence-electron chi connectivity index (χ3n) is 1.70. The lowest BCUT2D eigenvalue weighted by atomic mass is 10.2. The van der Waals surface area contributed by atoms with E-state index < -0.39 is 0 Å². The molecule has 1 rings (SSSR count). The standard InChI is InChI=1S/C11H14O3/c1-9(2)5-7-13-8-10(12)11-4-3-6-14-11/h3-4,6H,1,5,7-8H2,2H3. The SMILES string of the molecule is C=C(C)CCOCC(=O)c1ccco1. The number of ether oxygens (including phenoxy) is 1. The summed E-state index contributed by atoms with van der Waals surface area (Å²) in [4.78, 5) is 11.3. The Hall–Kier alpha value is -1.35. The lowest BCUT2D eigenvalue weighted by Gasteiger charge is -2.01. The zero-order valence-corrected chi connectivity index (χ0v) is 8.29. The molecule has 0 saturated heterocycles. The molecule has 0 saturated carbocycles. The molecule has 0 fully saturated rings. The molecule has 1 aromatic heterocycles. The molecule has 3 heteroatoms. The first-order valence-corrected chi connectivity index (χ1v) is 4.49. The molecule has 0 spiro atoms. The lowest BCUT2D eigenvalue weighted by molar-refractivity contribution is 0.0738. The van der Waals surface area contributed by atoms with Crippen molar-refractivity contribution >= 4 is 5.78 Å². The number of carbonyl (C=O) groups excluding carboxylic acids is 1. The maximum absolute atomic E-state index is 11.3. The lowest BCUT2D eigenvalue weighted by Crippen LogP contribution is -2.08. The number of furan rings is 1. The third-order valence-corrected chi connectivity index (χ3v) is 1.70. The van der Waals surface area contributed by atoms with Crippen LogP contribution in [0.2, 0.25) is 0 Å². The van der Waals surface area contributed by atoms with Crippen molar-refractivity contribution in [2.45, 2.75) is 13.3 Å². The van der Waals surface area contributed by atoms with Gasteiger partial charge in [0.05, 0.1) is 12.9 Å². The first-order chi connectivity index (χ1) is 6.70. The summed E-state index contributed by atoms with van der Waals surface area (Å²) < 4.78 is 10.1. The summed E-state index contributed by atoms with van der Waals surface area (Å²) in [6, 6.07) is 3.31. The molecule has 0 radical (unpaired) electrons. The fourth-order valence-corrected chi connectivity index (χ4v) is 0.920. The molecule has 0 bridgehead atoms. The van der Waals surface area contributed by atoms with Gasteiger partial charge in [0.15, 0.2) is 5.76 Å². The van der Waals surface area contributed by atoms with Crippen LogP contribution in [0.1, 0.15) is 23.9 Å². The van der Waals surface area contributed by atoms with Crippen molar-refractivity contribution in [2.75, 3.05) is 13.2 Å². The molecule has 0 aromatic carbocycles. The van der Waals surface area contributed by atoms with E-state index in [0.29, 0.717) is 12.4 Å². The smallest absolute Gasteiger partial charge is 0.223 e. The molecule has 0 aliphatic heterocycles. The van der Waals surface area contributed by atoms with Crippen LogP contribution in [-0.4, -0.2) is 19.0 Å². The predicted octanol–water partition coefficient (Wildman–Crippen LogP) is 2.45. The summed E-state index contributed by atoms with van der Waals surface area (Å²) in [7, 11) is 0. The number of hydrogen-bond acceptors (Lipinski definition) is 3. The highest BCUT2D eigenvalue weighted by molar-refractivity contribution is 5.94. The maximum atomic E-state index is 11.3. The summed E-state index contributed by atoms with van der Waals surface area (Å²) in [5, 5.41) is 0. The monoisotopic (exact) mass is 194 g/mol. The van der Waals surface area contributed by atoms with E-state index in [-0.39, 0.29) is 12.4 Å². The van der Waals surface area contributed by atoms with E-state index in [4.69, 9.17) is 9.15 Å². The van der Waals surface area contributed by atoms with Gasteiger partial charge in [-0.15, -0.1) is 6.58 Å². The summed E-state index contributed by atoms with van der Waals surface area (Å²) in [6.07, 6.45) is 2.26. The van der Waals surface area contributed by atoms with Crippen molar-refractivity contribution in [3.8, 4) is 0 Å². The maximum Gasteiger partial charge on any atom is 0.223 e. The average Bonchev–Trinajstić information content (AvgIpc) is 2.64. The van der Waals surface area contributed by atoms with Gasteiger partial charge in [0, 0.05) is 0 Å². The van der Waals surface area contributed by atoms with Gasteiger partial charge in [-0.05, 0) is 25.5 Å². The summed E-state index contributed by atoms with van der Waals surface area (Å²) in [5.41, 5.74) is 1.05. The second-order valence-corrected chi connectivity index (χ2v) is 3.16. The Labute approximate surface area is 83.4 Å². The Morgan fingerprint density at radius 3 is 3.00 bits per heavy atom. The van der Waals surface area contributed by atoms with Gasteiger partial charge in [-0.3, -0.25) is 4.79 Å². The van der Waals surface area contributed by atoms with Gasteiger partial charge in [-0.25, -0.2) is 0 Å². The molecule has 0 unspecified atom stereocenters. The van der Waals surface area contributed by atoms with Gasteiger partial charge in [-0.2, -0.15) is 0 Å². The van der Waals surface area contributed by atoms with Crippen molar-refractivity contribution in [2.24, 2.45) is 0 Å². The number of hydrogen-bond donors (Lipinski definition) is 0. The third kappa shape index (κ3) is 3.58. The number of carbonyl (C=O) groups is 1.